The molecular weight excluding hydrogens is 244 g/mol. The molecule has 1 fully saturated rings. The zero-order valence-corrected chi connectivity index (χ0v) is 11.4. The average molecular weight is 266 g/mol. The van der Waals surface area contributed by atoms with Crippen LogP contribution in [-0.2, 0) is 7.05 Å². The standard InChI is InChI=1S/C13H22N4O2/c1-16-10-14-7-12(16)13(19)15-4-6-17-5-2-3-11(8-17)9-18/h7,10-11,18H,2-6,8-9H2,1H3,(H,15,19)/t11-/m1/s1. The van der Waals surface area contributed by atoms with Gasteiger partial charge in [0.1, 0.15) is 5.69 Å². The summed E-state index contributed by atoms with van der Waals surface area (Å²) in [6.45, 7) is 3.70. The summed E-state index contributed by atoms with van der Waals surface area (Å²) in [7, 11) is 1.80. The molecule has 0 aromatic carbocycles. The molecule has 6 heteroatoms. The van der Waals surface area contributed by atoms with Gasteiger partial charge in [-0.15, -0.1) is 0 Å². The maximum absolute atomic E-state index is 11.9. The number of amides is 1. The summed E-state index contributed by atoms with van der Waals surface area (Å²) in [6, 6.07) is 0. The maximum Gasteiger partial charge on any atom is 0.269 e. The second kappa shape index (κ2) is 6.68. The van der Waals surface area contributed by atoms with Crippen LogP contribution >= 0.6 is 0 Å². The number of nitrogens with zero attached hydrogens (tertiary/aromatic N) is 3. The first-order valence-electron chi connectivity index (χ1n) is 6.78. The number of aryl methyl sites for hydroxylation is 1. The average Bonchev–Trinajstić information content (AvgIpc) is 2.85. The van der Waals surface area contributed by atoms with Gasteiger partial charge in [0.05, 0.1) is 12.5 Å². The van der Waals surface area contributed by atoms with Crippen molar-refractivity contribution in [2.45, 2.75) is 12.8 Å². The van der Waals surface area contributed by atoms with E-state index in [1.54, 1.807) is 24.1 Å². The molecular formula is C13H22N4O2. The van der Waals surface area contributed by atoms with Gasteiger partial charge in [0.2, 0.25) is 0 Å². The lowest BCUT2D eigenvalue weighted by Crippen LogP contribution is -2.41. The summed E-state index contributed by atoms with van der Waals surface area (Å²) in [4.78, 5) is 18.1. The topological polar surface area (TPSA) is 70.4 Å². The number of imidazole rings is 1. The highest BCUT2D eigenvalue weighted by Crippen LogP contribution is 2.14. The molecule has 2 rings (SSSR count). The van der Waals surface area contributed by atoms with Gasteiger partial charge in [-0.25, -0.2) is 4.98 Å². The number of aliphatic hydroxyl groups excluding tert-OH is 1. The number of piperidine rings is 1. The fraction of sp³-hybridized carbons (Fsp3) is 0.692. The van der Waals surface area contributed by atoms with E-state index in [1.807, 2.05) is 0 Å². The highest BCUT2D eigenvalue weighted by atomic mass is 16.3. The van der Waals surface area contributed by atoms with Gasteiger partial charge in [0, 0.05) is 33.3 Å². The minimum absolute atomic E-state index is 0.0873. The Bertz CT molecular complexity index is 419. The molecule has 1 aliphatic rings. The van der Waals surface area contributed by atoms with Crippen molar-refractivity contribution in [1.29, 1.82) is 0 Å². The van der Waals surface area contributed by atoms with Crippen molar-refractivity contribution in [2.24, 2.45) is 13.0 Å². The Morgan fingerprint density at radius 1 is 1.63 bits per heavy atom. The van der Waals surface area contributed by atoms with Gasteiger partial charge in [-0.05, 0) is 25.3 Å². The third-order valence-corrected chi connectivity index (χ3v) is 3.62. The minimum atomic E-state index is -0.0873. The van der Waals surface area contributed by atoms with Crippen LogP contribution in [0.1, 0.15) is 23.3 Å². The van der Waals surface area contributed by atoms with Crippen LogP contribution in [0.15, 0.2) is 12.5 Å². The van der Waals surface area contributed by atoms with E-state index in [9.17, 15) is 9.90 Å². The van der Waals surface area contributed by atoms with Crippen molar-refractivity contribution in [3.63, 3.8) is 0 Å². The van der Waals surface area contributed by atoms with E-state index in [1.165, 1.54) is 0 Å². The molecule has 0 saturated carbocycles. The third-order valence-electron chi connectivity index (χ3n) is 3.62. The molecule has 2 heterocycles. The molecule has 0 spiro atoms. The molecule has 6 nitrogen and oxygen atoms in total. The molecule has 0 aliphatic carbocycles. The molecule has 2 N–H and O–H groups in total. The SMILES string of the molecule is Cn1cncc1C(=O)NCCN1CCC[C@@H](CO)C1. The van der Waals surface area contributed by atoms with Crippen molar-refractivity contribution in [2.75, 3.05) is 32.8 Å². The smallest absolute Gasteiger partial charge is 0.269 e. The first-order chi connectivity index (χ1) is 9.20. The van der Waals surface area contributed by atoms with Crippen LogP contribution in [0, 0.1) is 5.92 Å². The second-order valence-electron chi connectivity index (χ2n) is 5.14. The summed E-state index contributed by atoms with van der Waals surface area (Å²) >= 11 is 0. The molecule has 0 unspecified atom stereocenters. The highest BCUT2D eigenvalue weighted by Gasteiger charge is 2.19. The summed E-state index contributed by atoms with van der Waals surface area (Å²) in [5.74, 6) is 0.303. The lowest BCUT2D eigenvalue weighted by Gasteiger charge is -2.31. The number of nitrogens with one attached hydrogen (secondary N) is 1. The Morgan fingerprint density at radius 3 is 3.16 bits per heavy atom. The van der Waals surface area contributed by atoms with E-state index in [0.29, 0.717) is 18.2 Å². The number of aliphatic hydroxyl groups is 1. The van der Waals surface area contributed by atoms with Crippen LogP contribution in [0.4, 0.5) is 0 Å². The molecule has 1 saturated heterocycles. The molecule has 0 bridgehead atoms. The van der Waals surface area contributed by atoms with Crippen LogP contribution in [0.25, 0.3) is 0 Å². The van der Waals surface area contributed by atoms with Crippen LogP contribution in [-0.4, -0.2) is 58.3 Å². The van der Waals surface area contributed by atoms with E-state index < -0.39 is 0 Å². The van der Waals surface area contributed by atoms with Gasteiger partial charge in [-0.3, -0.25) is 4.79 Å². The number of carbonyl (C=O) groups excluding carboxylic acids is 1. The minimum Gasteiger partial charge on any atom is -0.396 e. The van der Waals surface area contributed by atoms with Gasteiger partial charge in [-0.1, -0.05) is 0 Å². The molecule has 1 amide bonds. The zero-order valence-electron chi connectivity index (χ0n) is 11.4. The molecule has 106 valence electrons. The van der Waals surface area contributed by atoms with E-state index in [0.717, 1.165) is 32.5 Å². The van der Waals surface area contributed by atoms with E-state index in [2.05, 4.69) is 15.2 Å². The first kappa shape index (κ1) is 14.0. The molecule has 1 atom stereocenters. The van der Waals surface area contributed by atoms with Gasteiger partial charge in [0.15, 0.2) is 0 Å². The summed E-state index contributed by atoms with van der Waals surface area (Å²) in [6.07, 6.45) is 5.42. The Kier molecular flexibility index (Phi) is 4.93. The molecule has 1 aliphatic heterocycles. The molecule has 1 aromatic rings. The first-order valence-corrected chi connectivity index (χ1v) is 6.78. The predicted octanol–water partition coefficient (Wildman–Crippen LogP) is -0.146. The largest absolute Gasteiger partial charge is 0.396 e. The normalized spacial score (nSPS) is 20.4. The van der Waals surface area contributed by atoms with Gasteiger partial charge in [-0.2, -0.15) is 0 Å². The van der Waals surface area contributed by atoms with Crippen molar-refractivity contribution < 1.29 is 9.90 Å². The van der Waals surface area contributed by atoms with Crippen LogP contribution in [0.2, 0.25) is 0 Å². The molecule has 0 radical (unpaired) electrons. The number of hydrogen-bond donors (Lipinski definition) is 2. The maximum atomic E-state index is 11.9. The summed E-state index contributed by atoms with van der Waals surface area (Å²) in [5.41, 5.74) is 0.576. The van der Waals surface area contributed by atoms with Gasteiger partial charge >= 0.3 is 0 Å². The van der Waals surface area contributed by atoms with Crippen molar-refractivity contribution in [3.8, 4) is 0 Å². The molecule has 19 heavy (non-hydrogen) atoms. The number of aromatic nitrogens is 2. The summed E-state index contributed by atoms with van der Waals surface area (Å²) < 4.78 is 1.71. The quantitative estimate of drug-likeness (QED) is 0.778. The zero-order chi connectivity index (χ0) is 13.7. The number of likely N-dealkylation sites (tertiary alicyclic amines) is 1. The van der Waals surface area contributed by atoms with Crippen molar-refractivity contribution in [3.05, 3.63) is 18.2 Å². The number of carbonyl (C=O) groups is 1. The van der Waals surface area contributed by atoms with Gasteiger partial charge < -0.3 is 19.9 Å². The van der Waals surface area contributed by atoms with Crippen LogP contribution < -0.4 is 5.32 Å². The monoisotopic (exact) mass is 266 g/mol. The lowest BCUT2D eigenvalue weighted by molar-refractivity contribution is 0.0923. The van der Waals surface area contributed by atoms with E-state index in [-0.39, 0.29) is 12.5 Å². The van der Waals surface area contributed by atoms with Crippen molar-refractivity contribution in [1.82, 2.24) is 19.8 Å². The van der Waals surface area contributed by atoms with E-state index in [4.69, 9.17) is 0 Å². The van der Waals surface area contributed by atoms with Crippen LogP contribution in [0.5, 0.6) is 0 Å². The Hall–Kier alpha value is -1.40. The lowest BCUT2D eigenvalue weighted by atomic mass is 9.99. The van der Waals surface area contributed by atoms with Crippen LogP contribution in [0.3, 0.4) is 0 Å². The Morgan fingerprint density at radius 2 is 2.47 bits per heavy atom. The number of rotatable bonds is 5. The van der Waals surface area contributed by atoms with Gasteiger partial charge in [0.25, 0.3) is 5.91 Å². The fourth-order valence-corrected chi connectivity index (χ4v) is 2.50. The molecule has 1 aromatic heterocycles. The highest BCUT2D eigenvalue weighted by molar-refractivity contribution is 5.92. The summed E-state index contributed by atoms with van der Waals surface area (Å²) in [5, 5.41) is 12.1. The second-order valence-corrected chi connectivity index (χ2v) is 5.14. The Labute approximate surface area is 113 Å². The Balaban J connectivity index is 1.72. The van der Waals surface area contributed by atoms with Crippen molar-refractivity contribution >= 4 is 5.91 Å². The van der Waals surface area contributed by atoms with E-state index >= 15 is 0 Å². The predicted molar refractivity (Wildman–Crippen MR) is 71.8 cm³/mol. The number of hydrogen-bond acceptors (Lipinski definition) is 4. The third kappa shape index (κ3) is 3.78. The fourth-order valence-electron chi connectivity index (χ4n) is 2.50.